The van der Waals surface area contributed by atoms with Crippen LogP contribution in [0.4, 0.5) is 0 Å². The summed E-state index contributed by atoms with van der Waals surface area (Å²) in [5, 5.41) is 0. The van der Waals surface area contributed by atoms with Gasteiger partial charge >= 0.3 is 0 Å². The standard InChI is InChI=1S/C10H10N2O2/c1-7-12-6-9(14-7)10-8(13-2)4-3-5-11-10/h3-6H,1-2H3. The molecule has 2 heterocycles. The fourth-order valence-corrected chi connectivity index (χ4v) is 1.21. The Bertz CT molecular complexity index is 437. The van der Waals surface area contributed by atoms with E-state index in [0.29, 0.717) is 23.1 Å². The quantitative estimate of drug-likeness (QED) is 0.727. The molecule has 0 saturated heterocycles. The summed E-state index contributed by atoms with van der Waals surface area (Å²) in [5.41, 5.74) is 0.676. The predicted molar refractivity (Wildman–Crippen MR) is 51.0 cm³/mol. The Morgan fingerprint density at radius 2 is 2.21 bits per heavy atom. The van der Waals surface area contributed by atoms with E-state index in [1.165, 1.54) is 0 Å². The van der Waals surface area contributed by atoms with Gasteiger partial charge in [0.1, 0.15) is 11.4 Å². The van der Waals surface area contributed by atoms with Crippen LogP contribution in [-0.2, 0) is 0 Å². The molecule has 0 N–H and O–H groups in total. The average molecular weight is 190 g/mol. The molecule has 2 rings (SSSR count). The molecule has 2 aromatic rings. The van der Waals surface area contributed by atoms with Gasteiger partial charge < -0.3 is 9.15 Å². The van der Waals surface area contributed by atoms with Crippen LogP contribution in [0.5, 0.6) is 5.75 Å². The van der Waals surface area contributed by atoms with Gasteiger partial charge in [-0.2, -0.15) is 0 Å². The van der Waals surface area contributed by atoms with Crippen LogP contribution in [0.15, 0.2) is 28.9 Å². The van der Waals surface area contributed by atoms with E-state index in [1.807, 2.05) is 12.1 Å². The molecule has 0 fully saturated rings. The van der Waals surface area contributed by atoms with E-state index in [4.69, 9.17) is 9.15 Å². The first-order valence-corrected chi connectivity index (χ1v) is 4.23. The third-order valence-corrected chi connectivity index (χ3v) is 1.85. The number of oxazole rings is 1. The average Bonchev–Trinajstić information content (AvgIpc) is 2.65. The molecular weight excluding hydrogens is 180 g/mol. The first kappa shape index (κ1) is 8.74. The zero-order chi connectivity index (χ0) is 9.97. The predicted octanol–water partition coefficient (Wildman–Crippen LogP) is 2.05. The molecule has 4 heteroatoms. The van der Waals surface area contributed by atoms with Crippen LogP contribution < -0.4 is 4.74 Å². The number of hydrogen-bond acceptors (Lipinski definition) is 4. The Morgan fingerprint density at radius 3 is 2.86 bits per heavy atom. The van der Waals surface area contributed by atoms with Crippen molar-refractivity contribution in [3.8, 4) is 17.2 Å². The summed E-state index contributed by atoms with van der Waals surface area (Å²) in [6.07, 6.45) is 3.33. The van der Waals surface area contributed by atoms with E-state index >= 15 is 0 Å². The Labute approximate surface area is 81.6 Å². The third kappa shape index (κ3) is 1.46. The van der Waals surface area contributed by atoms with Gasteiger partial charge in [0.2, 0.25) is 0 Å². The van der Waals surface area contributed by atoms with Crippen LogP contribution in [-0.4, -0.2) is 17.1 Å². The number of aromatic nitrogens is 2. The lowest BCUT2D eigenvalue weighted by Gasteiger charge is -2.02. The highest BCUT2D eigenvalue weighted by Crippen LogP contribution is 2.27. The molecular formula is C10H10N2O2. The highest BCUT2D eigenvalue weighted by molar-refractivity contribution is 5.59. The van der Waals surface area contributed by atoms with Gasteiger partial charge in [-0.3, -0.25) is 0 Å². The van der Waals surface area contributed by atoms with Crippen LogP contribution in [0.25, 0.3) is 11.5 Å². The second-order valence-corrected chi connectivity index (χ2v) is 2.80. The SMILES string of the molecule is COc1cccnc1-c1cnc(C)o1. The van der Waals surface area contributed by atoms with E-state index in [1.54, 1.807) is 26.4 Å². The van der Waals surface area contributed by atoms with Crippen molar-refractivity contribution in [3.05, 3.63) is 30.4 Å². The lowest BCUT2D eigenvalue weighted by atomic mass is 10.3. The maximum Gasteiger partial charge on any atom is 0.191 e. The second-order valence-electron chi connectivity index (χ2n) is 2.80. The first-order valence-electron chi connectivity index (χ1n) is 4.23. The molecule has 0 saturated carbocycles. The van der Waals surface area contributed by atoms with Gasteiger partial charge in [-0.25, -0.2) is 9.97 Å². The van der Waals surface area contributed by atoms with Crippen LogP contribution in [0.3, 0.4) is 0 Å². The summed E-state index contributed by atoms with van der Waals surface area (Å²) >= 11 is 0. The molecule has 0 radical (unpaired) electrons. The minimum atomic E-state index is 0.618. The van der Waals surface area contributed by atoms with Crippen molar-refractivity contribution in [2.45, 2.75) is 6.92 Å². The van der Waals surface area contributed by atoms with Gasteiger partial charge in [0.25, 0.3) is 0 Å². The van der Waals surface area contributed by atoms with Crippen molar-refractivity contribution in [3.63, 3.8) is 0 Å². The van der Waals surface area contributed by atoms with Crippen LogP contribution in [0.1, 0.15) is 5.89 Å². The Hall–Kier alpha value is -1.84. The van der Waals surface area contributed by atoms with E-state index in [9.17, 15) is 0 Å². The molecule has 0 spiro atoms. The van der Waals surface area contributed by atoms with Gasteiger partial charge in [0.15, 0.2) is 11.7 Å². The number of rotatable bonds is 2. The van der Waals surface area contributed by atoms with Crippen LogP contribution >= 0.6 is 0 Å². The van der Waals surface area contributed by atoms with Crippen LogP contribution in [0.2, 0.25) is 0 Å². The third-order valence-electron chi connectivity index (χ3n) is 1.85. The minimum Gasteiger partial charge on any atom is -0.494 e. The van der Waals surface area contributed by atoms with Crippen molar-refractivity contribution in [2.75, 3.05) is 7.11 Å². The molecule has 72 valence electrons. The number of aryl methyl sites for hydroxylation is 1. The van der Waals surface area contributed by atoms with Crippen molar-refractivity contribution in [1.29, 1.82) is 0 Å². The van der Waals surface area contributed by atoms with E-state index < -0.39 is 0 Å². The molecule has 4 nitrogen and oxygen atoms in total. The van der Waals surface area contributed by atoms with Gasteiger partial charge in [-0.1, -0.05) is 0 Å². The molecule has 0 aliphatic carbocycles. The zero-order valence-corrected chi connectivity index (χ0v) is 8.02. The molecule has 0 atom stereocenters. The summed E-state index contributed by atoms with van der Waals surface area (Å²) in [6.45, 7) is 1.79. The van der Waals surface area contributed by atoms with E-state index in [2.05, 4.69) is 9.97 Å². The summed E-state index contributed by atoms with van der Waals surface area (Å²) in [7, 11) is 1.60. The maximum absolute atomic E-state index is 5.36. The summed E-state index contributed by atoms with van der Waals surface area (Å²) in [6, 6.07) is 3.64. The highest BCUT2D eigenvalue weighted by Gasteiger charge is 2.10. The van der Waals surface area contributed by atoms with E-state index in [0.717, 1.165) is 0 Å². The summed E-state index contributed by atoms with van der Waals surface area (Å²) < 4.78 is 10.5. The monoisotopic (exact) mass is 190 g/mol. The smallest absolute Gasteiger partial charge is 0.191 e. The topological polar surface area (TPSA) is 48.2 Å². The number of pyridine rings is 1. The fraction of sp³-hybridized carbons (Fsp3) is 0.200. The van der Waals surface area contributed by atoms with Crippen molar-refractivity contribution >= 4 is 0 Å². The molecule has 0 bridgehead atoms. The Morgan fingerprint density at radius 1 is 1.36 bits per heavy atom. The van der Waals surface area contributed by atoms with Crippen LogP contribution in [0, 0.1) is 6.92 Å². The Balaban J connectivity index is 2.50. The molecule has 0 aliphatic heterocycles. The molecule has 0 aromatic carbocycles. The summed E-state index contributed by atoms with van der Waals surface area (Å²) in [5.74, 6) is 1.93. The minimum absolute atomic E-state index is 0.618. The number of methoxy groups -OCH3 is 1. The molecule has 14 heavy (non-hydrogen) atoms. The summed E-state index contributed by atoms with van der Waals surface area (Å²) in [4.78, 5) is 8.18. The van der Waals surface area contributed by atoms with Gasteiger partial charge in [-0.05, 0) is 12.1 Å². The maximum atomic E-state index is 5.36. The molecule has 0 aliphatic rings. The zero-order valence-electron chi connectivity index (χ0n) is 8.02. The largest absolute Gasteiger partial charge is 0.494 e. The van der Waals surface area contributed by atoms with Gasteiger partial charge in [-0.15, -0.1) is 0 Å². The number of hydrogen-bond donors (Lipinski definition) is 0. The molecule has 0 unspecified atom stereocenters. The molecule has 0 amide bonds. The van der Waals surface area contributed by atoms with Gasteiger partial charge in [0, 0.05) is 13.1 Å². The fourth-order valence-electron chi connectivity index (χ4n) is 1.21. The normalized spacial score (nSPS) is 10.1. The number of ether oxygens (including phenoxy) is 1. The van der Waals surface area contributed by atoms with Gasteiger partial charge in [0.05, 0.1) is 13.3 Å². The van der Waals surface area contributed by atoms with Crippen molar-refractivity contribution < 1.29 is 9.15 Å². The highest BCUT2D eigenvalue weighted by atomic mass is 16.5. The van der Waals surface area contributed by atoms with E-state index in [-0.39, 0.29) is 0 Å². The van der Waals surface area contributed by atoms with Crippen molar-refractivity contribution in [1.82, 2.24) is 9.97 Å². The number of nitrogens with zero attached hydrogens (tertiary/aromatic N) is 2. The lowest BCUT2D eigenvalue weighted by molar-refractivity contribution is 0.412. The first-order chi connectivity index (χ1) is 6.81. The molecule has 2 aromatic heterocycles. The van der Waals surface area contributed by atoms with Crippen molar-refractivity contribution in [2.24, 2.45) is 0 Å². The lowest BCUT2D eigenvalue weighted by Crippen LogP contribution is -1.88. The Kier molecular flexibility index (Phi) is 2.18. The second kappa shape index (κ2) is 3.49.